The van der Waals surface area contributed by atoms with E-state index in [1.807, 2.05) is 0 Å². The lowest BCUT2D eigenvalue weighted by molar-refractivity contribution is -0.122. The summed E-state index contributed by atoms with van der Waals surface area (Å²) in [6.45, 7) is 1.34. The fraction of sp³-hybridized carbons (Fsp3) is 0.312. The number of hydrogen-bond donors (Lipinski definition) is 1. The van der Waals surface area contributed by atoms with Crippen LogP contribution in [-0.2, 0) is 4.79 Å². The van der Waals surface area contributed by atoms with E-state index in [1.54, 1.807) is 24.8 Å². The zero-order valence-corrected chi connectivity index (χ0v) is 13.8. The van der Waals surface area contributed by atoms with Gasteiger partial charge in [0.05, 0.1) is 6.20 Å². The number of carbonyl (C=O) groups is 1. The van der Waals surface area contributed by atoms with Gasteiger partial charge in [0.15, 0.2) is 0 Å². The summed E-state index contributed by atoms with van der Waals surface area (Å²) in [5.74, 6) is 0.993. The third-order valence-corrected chi connectivity index (χ3v) is 4.34. The normalized spacial score (nSPS) is 15.2. The zero-order valence-electron chi connectivity index (χ0n) is 13.8. The van der Waals surface area contributed by atoms with E-state index in [0.717, 1.165) is 0 Å². The Morgan fingerprint density at radius 2 is 2.00 bits per heavy atom. The third-order valence-electron chi connectivity index (χ3n) is 4.34. The molecule has 2 N–H and O–H groups in total. The Labute approximate surface area is 148 Å². The van der Waals surface area contributed by atoms with Crippen molar-refractivity contribution in [3.8, 4) is 23.0 Å². The Morgan fingerprint density at radius 3 is 2.73 bits per heavy atom. The molecule has 3 aromatic heterocycles. The van der Waals surface area contributed by atoms with Crippen LogP contribution < -0.4 is 10.6 Å². The molecule has 1 aliphatic rings. The first-order chi connectivity index (χ1) is 12.7. The number of nitrogens with two attached hydrogens (primary N) is 1. The number of rotatable bonds is 4. The van der Waals surface area contributed by atoms with Gasteiger partial charge < -0.3 is 15.2 Å². The van der Waals surface area contributed by atoms with Crippen molar-refractivity contribution >= 4 is 11.7 Å². The number of carbonyl (C=O) groups excluding carboxylic acids is 1. The minimum absolute atomic E-state index is 0.0943. The van der Waals surface area contributed by atoms with Crippen LogP contribution in [0, 0.1) is 5.92 Å². The Kier molecular flexibility index (Phi) is 4.22. The number of primary amides is 1. The van der Waals surface area contributed by atoms with Gasteiger partial charge in [0.25, 0.3) is 5.89 Å². The van der Waals surface area contributed by atoms with Crippen molar-refractivity contribution in [1.82, 2.24) is 30.1 Å². The van der Waals surface area contributed by atoms with Crippen LogP contribution in [-0.4, -0.2) is 49.1 Å². The second-order valence-corrected chi connectivity index (χ2v) is 5.94. The van der Waals surface area contributed by atoms with Gasteiger partial charge >= 0.3 is 0 Å². The Balaban J connectivity index is 1.61. The molecule has 132 valence electrons. The van der Waals surface area contributed by atoms with Crippen molar-refractivity contribution in [2.75, 3.05) is 18.0 Å². The molecule has 0 atom stereocenters. The molecule has 4 rings (SSSR count). The van der Waals surface area contributed by atoms with E-state index in [2.05, 4.69) is 35.0 Å². The summed E-state index contributed by atoms with van der Waals surface area (Å²) in [5.41, 5.74) is 6.55. The SMILES string of the molecule is NC(=O)C1CCN(c2ncncc2-c2nc(-c3cnccn3)no2)CC1. The van der Waals surface area contributed by atoms with E-state index in [-0.39, 0.29) is 11.8 Å². The highest BCUT2D eigenvalue weighted by molar-refractivity contribution is 5.77. The second-order valence-electron chi connectivity index (χ2n) is 5.94. The van der Waals surface area contributed by atoms with Crippen molar-refractivity contribution in [3.63, 3.8) is 0 Å². The number of nitrogens with zero attached hydrogens (tertiary/aromatic N) is 7. The molecule has 0 spiro atoms. The number of piperidine rings is 1. The average molecular weight is 352 g/mol. The predicted octanol–water partition coefficient (Wildman–Crippen LogP) is 0.685. The lowest BCUT2D eigenvalue weighted by Crippen LogP contribution is -2.39. The monoisotopic (exact) mass is 352 g/mol. The summed E-state index contributed by atoms with van der Waals surface area (Å²) >= 11 is 0. The minimum Gasteiger partial charge on any atom is -0.369 e. The molecular weight excluding hydrogens is 336 g/mol. The lowest BCUT2D eigenvalue weighted by atomic mass is 9.96. The summed E-state index contributed by atoms with van der Waals surface area (Å²) < 4.78 is 5.39. The highest BCUT2D eigenvalue weighted by atomic mass is 16.5. The number of hydrogen-bond acceptors (Lipinski definition) is 9. The van der Waals surface area contributed by atoms with E-state index < -0.39 is 0 Å². The van der Waals surface area contributed by atoms with Crippen LogP contribution >= 0.6 is 0 Å². The summed E-state index contributed by atoms with van der Waals surface area (Å²) in [4.78, 5) is 34.4. The van der Waals surface area contributed by atoms with Crippen LogP contribution in [0.1, 0.15) is 12.8 Å². The van der Waals surface area contributed by atoms with E-state index in [1.165, 1.54) is 6.33 Å². The van der Waals surface area contributed by atoms with Gasteiger partial charge in [-0.15, -0.1) is 0 Å². The van der Waals surface area contributed by atoms with Crippen molar-refractivity contribution in [1.29, 1.82) is 0 Å². The molecule has 1 fully saturated rings. The zero-order chi connectivity index (χ0) is 17.9. The molecule has 3 aromatic rings. The van der Waals surface area contributed by atoms with E-state index >= 15 is 0 Å². The average Bonchev–Trinajstić information content (AvgIpc) is 3.19. The van der Waals surface area contributed by atoms with Gasteiger partial charge in [-0.3, -0.25) is 9.78 Å². The first-order valence-electron chi connectivity index (χ1n) is 8.17. The van der Waals surface area contributed by atoms with Gasteiger partial charge in [0.2, 0.25) is 11.7 Å². The molecule has 0 aliphatic carbocycles. The minimum atomic E-state index is -0.252. The number of amides is 1. The van der Waals surface area contributed by atoms with Crippen molar-refractivity contribution in [3.05, 3.63) is 31.1 Å². The molecule has 1 aliphatic heterocycles. The van der Waals surface area contributed by atoms with Crippen LogP contribution in [0.25, 0.3) is 23.0 Å². The smallest absolute Gasteiger partial charge is 0.263 e. The quantitative estimate of drug-likeness (QED) is 0.718. The second kappa shape index (κ2) is 6.82. The van der Waals surface area contributed by atoms with E-state index in [0.29, 0.717) is 54.7 Å². The Hall–Kier alpha value is -3.43. The van der Waals surface area contributed by atoms with Gasteiger partial charge in [0.1, 0.15) is 23.4 Å². The third kappa shape index (κ3) is 3.08. The highest BCUT2D eigenvalue weighted by Crippen LogP contribution is 2.30. The molecule has 0 bridgehead atoms. The molecule has 1 saturated heterocycles. The molecule has 0 saturated carbocycles. The van der Waals surface area contributed by atoms with Crippen molar-refractivity contribution in [2.24, 2.45) is 11.7 Å². The Morgan fingerprint density at radius 1 is 1.15 bits per heavy atom. The number of anilines is 1. The van der Waals surface area contributed by atoms with E-state index in [9.17, 15) is 4.79 Å². The van der Waals surface area contributed by atoms with Gasteiger partial charge in [0, 0.05) is 37.6 Å². The van der Waals surface area contributed by atoms with Crippen molar-refractivity contribution in [2.45, 2.75) is 12.8 Å². The fourth-order valence-corrected chi connectivity index (χ4v) is 2.95. The first kappa shape index (κ1) is 16.1. The van der Waals surface area contributed by atoms with Crippen LogP contribution in [0.4, 0.5) is 5.82 Å². The molecule has 0 radical (unpaired) electrons. The number of aromatic nitrogens is 6. The van der Waals surface area contributed by atoms with Crippen LogP contribution in [0.2, 0.25) is 0 Å². The molecule has 0 aromatic carbocycles. The van der Waals surface area contributed by atoms with Crippen LogP contribution in [0.15, 0.2) is 35.6 Å². The largest absolute Gasteiger partial charge is 0.369 e. The maximum Gasteiger partial charge on any atom is 0.263 e. The maximum absolute atomic E-state index is 11.4. The van der Waals surface area contributed by atoms with E-state index in [4.69, 9.17) is 10.3 Å². The standard InChI is InChI=1S/C16H16N8O2/c17-13(25)10-1-5-24(6-2-10)15-11(7-19-9-21-15)16-22-14(23-26-16)12-8-18-3-4-20-12/h3-4,7-10H,1-2,5-6H2,(H2,17,25). The summed E-state index contributed by atoms with van der Waals surface area (Å²) in [5, 5.41) is 3.96. The van der Waals surface area contributed by atoms with Crippen molar-refractivity contribution < 1.29 is 9.32 Å². The lowest BCUT2D eigenvalue weighted by Gasteiger charge is -2.31. The molecule has 10 heteroatoms. The maximum atomic E-state index is 11.4. The molecule has 0 unspecified atom stereocenters. The van der Waals surface area contributed by atoms with Crippen LogP contribution in [0.3, 0.4) is 0 Å². The van der Waals surface area contributed by atoms with Gasteiger partial charge in [-0.2, -0.15) is 4.98 Å². The summed E-state index contributed by atoms with van der Waals surface area (Å²) in [7, 11) is 0. The summed E-state index contributed by atoms with van der Waals surface area (Å²) in [6, 6.07) is 0. The van der Waals surface area contributed by atoms with Gasteiger partial charge in [-0.05, 0) is 12.8 Å². The Bertz CT molecular complexity index is 905. The molecule has 1 amide bonds. The van der Waals surface area contributed by atoms with Gasteiger partial charge in [-0.1, -0.05) is 5.16 Å². The molecule has 10 nitrogen and oxygen atoms in total. The molecule has 4 heterocycles. The molecule has 26 heavy (non-hydrogen) atoms. The van der Waals surface area contributed by atoms with Crippen LogP contribution in [0.5, 0.6) is 0 Å². The van der Waals surface area contributed by atoms with Gasteiger partial charge in [-0.25, -0.2) is 15.0 Å². The predicted molar refractivity (Wildman–Crippen MR) is 90.5 cm³/mol. The molecular formula is C16H16N8O2. The fourth-order valence-electron chi connectivity index (χ4n) is 2.95. The topological polar surface area (TPSA) is 137 Å². The first-order valence-corrected chi connectivity index (χ1v) is 8.17. The highest BCUT2D eigenvalue weighted by Gasteiger charge is 2.26. The summed E-state index contributed by atoms with van der Waals surface area (Å²) in [6.07, 6.45) is 9.18.